The maximum Gasteiger partial charge on any atom is 0.573 e. The van der Waals surface area contributed by atoms with Crippen LogP contribution in [-0.2, 0) is 9.31 Å². The van der Waals surface area contributed by atoms with Gasteiger partial charge in [0, 0.05) is 0 Å². The maximum absolute atomic E-state index is 12.6. The van der Waals surface area contributed by atoms with Gasteiger partial charge in [-0.25, -0.2) is 4.79 Å². The van der Waals surface area contributed by atoms with E-state index in [9.17, 15) is 23.1 Å². The van der Waals surface area contributed by atoms with Gasteiger partial charge in [0.05, 0.1) is 17.8 Å². The number of aliphatic hydroxyl groups excluding tert-OH is 1. The molecule has 1 fully saturated rings. The molecule has 1 saturated heterocycles. The summed E-state index contributed by atoms with van der Waals surface area (Å²) in [7, 11) is -0.897. The van der Waals surface area contributed by atoms with Crippen molar-refractivity contribution in [2.75, 3.05) is 6.61 Å². The van der Waals surface area contributed by atoms with E-state index >= 15 is 0 Å². The number of hydrogen-bond donors (Lipinski definition) is 2. The number of rotatable bonds is 5. The molecule has 0 bridgehead atoms. The van der Waals surface area contributed by atoms with Gasteiger partial charge >= 0.3 is 19.5 Å². The number of alkyl halides is 3. The number of halogens is 3. The summed E-state index contributed by atoms with van der Waals surface area (Å²) >= 11 is 0. The summed E-state index contributed by atoms with van der Waals surface area (Å²) in [5, 5.41) is 18.7. The van der Waals surface area contributed by atoms with E-state index in [-0.39, 0.29) is 11.0 Å². The smallest absolute Gasteiger partial charge is 0.478 e. The number of aromatic carboxylic acids is 1. The second kappa shape index (κ2) is 7.18. The molecule has 6 nitrogen and oxygen atoms in total. The topological polar surface area (TPSA) is 85.2 Å². The van der Waals surface area contributed by atoms with Gasteiger partial charge in [-0.15, -0.1) is 13.2 Å². The Morgan fingerprint density at radius 1 is 1.22 bits per heavy atom. The predicted octanol–water partition coefficient (Wildman–Crippen LogP) is 3.29. The van der Waals surface area contributed by atoms with Crippen molar-refractivity contribution in [3.05, 3.63) is 34.8 Å². The molecule has 0 unspecified atom stereocenters. The van der Waals surface area contributed by atoms with E-state index < -0.39 is 48.6 Å². The molecule has 1 aromatic rings. The standard InChI is InChI=1S/C17H20BF3O6/c1-15(2)16(3,4)27-18(26-15)11(9-22)7-10-5-6-12(14(23)24)13(8-10)25-17(19,20)21/h5-8,22H,9H2,1-4H3,(H,23,24). The average molecular weight is 388 g/mol. The molecule has 0 spiro atoms. The van der Waals surface area contributed by atoms with Crippen LogP contribution in [0, 0.1) is 0 Å². The van der Waals surface area contributed by atoms with E-state index in [4.69, 9.17) is 14.4 Å². The fraction of sp³-hybridized carbons (Fsp3) is 0.471. The molecule has 148 valence electrons. The van der Waals surface area contributed by atoms with Gasteiger partial charge in [-0.3, -0.25) is 0 Å². The minimum absolute atomic E-state index is 0.193. The van der Waals surface area contributed by atoms with Crippen LogP contribution < -0.4 is 4.74 Å². The number of hydrogen-bond acceptors (Lipinski definition) is 5. The molecule has 1 aromatic carbocycles. The van der Waals surface area contributed by atoms with Crippen molar-refractivity contribution >= 4 is 19.2 Å². The first kappa shape index (κ1) is 21.3. The summed E-state index contributed by atoms with van der Waals surface area (Å²) in [6, 6.07) is 3.22. The van der Waals surface area contributed by atoms with E-state index in [0.29, 0.717) is 0 Å². The Bertz CT molecular complexity index is 742. The second-order valence-electron chi connectivity index (χ2n) is 7.07. The summed E-state index contributed by atoms with van der Waals surface area (Å²) in [5.41, 5.74) is -1.49. The maximum atomic E-state index is 12.6. The summed E-state index contributed by atoms with van der Waals surface area (Å²) in [5.74, 6) is -2.41. The van der Waals surface area contributed by atoms with Gasteiger partial charge in [0.2, 0.25) is 0 Å². The second-order valence-corrected chi connectivity index (χ2v) is 7.07. The molecule has 10 heteroatoms. The van der Waals surface area contributed by atoms with Crippen LogP contribution >= 0.6 is 0 Å². The number of aliphatic hydroxyl groups is 1. The fourth-order valence-electron chi connectivity index (χ4n) is 2.41. The van der Waals surface area contributed by atoms with Crippen LogP contribution in [0.1, 0.15) is 43.6 Å². The molecule has 2 N–H and O–H groups in total. The zero-order chi connectivity index (χ0) is 20.6. The molecule has 0 amide bonds. The van der Waals surface area contributed by atoms with Gasteiger partial charge in [-0.05, 0) is 50.9 Å². The first-order valence-electron chi connectivity index (χ1n) is 8.06. The molecule has 1 aliphatic rings. The Labute approximate surface area is 154 Å². The van der Waals surface area contributed by atoms with Gasteiger partial charge in [-0.2, -0.15) is 0 Å². The van der Waals surface area contributed by atoms with Crippen LogP contribution in [0.3, 0.4) is 0 Å². The van der Waals surface area contributed by atoms with Gasteiger partial charge in [0.25, 0.3) is 0 Å². The lowest BCUT2D eigenvalue weighted by Crippen LogP contribution is -2.41. The van der Waals surface area contributed by atoms with Gasteiger partial charge in [-0.1, -0.05) is 12.1 Å². The summed E-state index contributed by atoms with van der Waals surface area (Å²) in [6.07, 6.45) is -3.67. The Hall–Kier alpha value is -2.04. The lowest BCUT2D eigenvalue weighted by Gasteiger charge is -2.32. The average Bonchev–Trinajstić information content (AvgIpc) is 2.71. The van der Waals surface area contributed by atoms with E-state index in [1.165, 1.54) is 12.1 Å². The first-order valence-corrected chi connectivity index (χ1v) is 8.06. The van der Waals surface area contributed by atoms with Crippen molar-refractivity contribution in [1.82, 2.24) is 0 Å². The zero-order valence-electron chi connectivity index (χ0n) is 15.3. The molecule has 27 heavy (non-hydrogen) atoms. The number of benzene rings is 1. The molecule has 0 atom stereocenters. The third kappa shape index (κ3) is 4.82. The molecule has 2 rings (SSSR count). The van der Waals surface area contributed by atoms with E-state index in [2.05, 4.69) is 4.74 Å². The molecule has 0 saturated carbocycles. The van der Waals surface area contributed by atoms with E-state index in [1.807, 2.05) is 27.7 Å². The third-order valence-corrected chi connectivity index (χ3v) is 4.55. The largest absolute Gasteiger partial charge is 0.573 e. The van der Waals surface area contributed by atoms with Crippen LogP contribution in [0.2, 0.25) is 0 Å². The van der Waals surface area contributed by atoms with Crippen molar-refractivity contribution in [2.45, 2.75) is 45.3 Å². The lowest BCUT2D eigenvalue weighted by molar-refractivity contribution is -0.274. The lowest BCUT2D eigenvalue weighted by atomic mass is 9.77. The minimum Gasteiger partial charge on any atom is -0.478 e. The fourth-order valence-corrected chi connectivity index (χ4v) is 2.41. The summed E-state index contributed by atoms with van der Waals surface area (Å²) in [6.45, 7) is 6.81. The highest BCUT2D eigenvalue weighted by Crippen LogP contribution is 2.39. The normalized spacial score (nSPS) is 19.3. The van der Waals surface area contributed by atoms with E-state index in [0.717, 1.165) is 12.1 Å². The quantitative estimate of drug-likeness (QED) is 0.754. The Morgan fingerprint density at radius 3 is 2.22 bits per heavy atom. The third-order valence-electron chi connectivity index (χ3n) is 4.55. The van der Waals surface area contributed by atoms with Gasteiger partial charge in [0.1, 0.15) is 11.3 Å². The highest BCUT2D eigenvalue weighted by atomic mass is 19.4. The van der Waals surface area contributed by atoms with Crippen LogP contribution in [0.25, 0.3) is 6.08 Å². The minimum atomic E-state index is -5.04. The Balaban J connectivity index is 2.39. The highest BCUT2D eigenvalue weighted by Gasteiger charge is 2.52. The molecular formula is C17H20BF3O6. The molecular weight excluding hydrogens is 368 g/mol. The monoisotopic (exact) mass is 388 g/mol. The van der Waals surface area contributed by atoms with Crippen molar-refractivity contribution in [1.29, 1.82) is 0 Å². The van der Waals surface area contributed by atoms with Crippen LogP contribution in [-0.4, -0.2) is 47.5 Å². The highest BCUT2D eigenvalue weighted by molar-refractivity contribution is 6.55. The molecule has 0 radical (unpaired) electrons. The summed E-state index contributed by atoms with van der Waals surface area (Å²) in [4.78, 5) is 11.1. The van der Waals surface area contributed by atoms with Crippen molar-refractivity contribution in [2.24, 2.45) is 0 Å². The SMILES string of the molecule is CC1(C)OB(C(=Cc2ccc(C(=O)O)c(OC(F)(F)F)c2)CO)OC1(C)C. The molecule has 1 heterocycles. The van der Waals surface area contributed by atoms with Crippen molar-refractivity contribution in [3.63, 3.8) is 0 Å². The Kier molecular flexibility index (Phi) is 5.65. The zero-order valence-corrected chi connectivity index (χ0v) is 15.3. The van der Waals surface area contributed by atoms with Crippen molar-refractivity contribution < 1.29 is 42.2 Å². The van der Waals surface area contributed by atoms with Crippen LogP contribution in [0.4, 0.5) is 13.2 Å². The number of carbonyl (C=O) groups is 1. The summed E-state index contributed by atoms with van der Waals surface area (Å²) < 4.78 is 53.1. The predicted molar refractivity (Wildman–Crippen MR) is 91.2 cm³/mol. The molecule has 0 aliphatic carbocycles. The van der Waals surface area contributed by atoms with Crippen molar-refractivity contribution in [3.8, 4) is 5.75 Å². The van der Waals surface area contributed by atoms with E-state index in [1.54, 1.807) is 0 Å². The van der Waals surface area contributed by atoms with Crippen LogP contribution in [0.15, 0.2) is 23.7 Å². The number of carboxylic acid groups (broad SMARTS) is 1. The number of ether oxygens (including phenoxy) is 1. The van der Waals surface area contributed by atoms with Crippen LogP contribution in [0.5, 0.6) is 5.75 Å². The van der Waals surface area contributed by atoms with Gasteiger partial charge < -0.3 is 24.3 Å². The molecule has 0 aromatic heterocycles. The Morgan fingerprint density at radius 2 is 1.78 bits per heavy atom. The van der Waals surface area contributed by atoms with Gasteiger partial charge in [0.15, 0.2) is 0 Å². The number of carboxylic acids is 1. The molecule has 1 aliphatic heterocycles. The first-order chi connectivity index (χ1) is 12.3.